The van der Waals surface area contributed by atoms with E-state index in [9.17, 15) is 0 Å². The van der Waals surface area contributed by atoms with Crippen LogP contribution in [0.15, 0.2) is 42.1 Å². The van der Waals surface area contributed by atoms with E-state index in [0.29, 0.717) is 0 Å². The summed E-state index contributed by atoms with van der Waals surface area (Å²) in [5.74, 6) is 0. The second-order valence-electron chi connectivity index (χ2n) is 3.61. The van der Waals surface area contributed by atoms with Gasteiger partial charge in [-0.15, -0.1) is 0 Å². The van der Waals surface area contributed by atoms with Crippen molar-refractivity contribution in [2.45, 2.75) is 25.7 Å². The first kappa shape index (κ1) is 9.20. The van der Waals surface area contributed by atoms with Crippen molar-refractivity contribution in [3.05, 3.63) is 47.8 Å². The highest BCUT2D eigenvalue weighted by Crippen LogP contribution is 2.19. The highest BCUT2D eigenvalue weighted by atomic mass is 14.6. The Bertz CT molecular complexity index is 324. The third kappa shape index (κ3) is 2.56. The molecule has 0 aliphatic heterocycles. The largest absolute Gasteiger partial charge is 0.257 e. The molecule has 1 nitrogen and oxygen atoms in total. The summed E-state index contributed by atoms with van der Waals surface area (Å²) in [5.41, 5.74) is 2.61. The summed E-state index contributed by atoms with van der Waals surface area (Å²) in [6.45, 7) is 0. The Morgan fingerprint density at radius 3 is 2.50 bits per heavy atom. The van der Waals surface area contributed by atoms with E-state index in [1.165, 1.54) is 31.3 Å². The Labute approximate surface area is 85.2 Å². The number of nitrogens with zero attached hydrogens (tertiary/aromatic N) is 1. The van der Waals surface area contributed by atoms with Gasteiger partial charge in [0.05, 0.1) is 5.69 Å². The standard InChI is InChI=1S/C13H15N/c1-2-4-8-12(7-3-1)11-13-9-5-6-10-14-13/h1-2,5-6,9-11H,3-4,7-8H2. The number of allylic oxidation sites excluding steroid dienone is 3. The second-order valence-corrected chi connectivity index (χ2v) is 3.61. The van der Waals surface area contributed by atoms with Crippen molar-refractivity contribution < 1.29 is 0 Å². The van der Waals surface area contributed by atoms with Crippen molar-refractivity contribution in [3.63, 3.8) is 0 Å². The second kappa shape index (κ2) is 4.75. The Kier molecular flexibility index (Phi) is 3.12. The van der Waals surface area contributed by atoms with Gasteiger partial charge in [-0.3, -0.25) is 4.98 Å². The average molecular weight is 185 g/mol. The van der Waals surface area contributed by atoms with Crippen LogP contribution < -0.4 is 0 Å². The molecule has 0 saturated carbocycles. The van der Waals surface area contributed by atoms with E-state index in [-0.39, 0.29) is 0 Å². The summed E-state index contributed by atoms with van der Waals surface area (Å²) in [6, 6.07) is 6.05. The zero-order valence-electron chi connectivity index (χ0n) is 8.32. The van der Waals surface area contributed by atoms with Crippen LogP contribution in [0.2, 0.25) is 0 Å². The third-order valence-electron chi connectivity index (χ3n) is 2.47. The monoisotopic (exact) mass is 185 g/mol. The highest BCUT2D eigenvalue weighted by Gasteiger charge is 2.00. The molecule has 0 bridgehead atoms. The zero-order chi connectivity index (χ0) is 9.64. The minimum atomic E-state index is 1.09. The summed E-state index contributed by atoms with van der Waals surface area (Å²) in [4.78, 5) is 4.31. The van der Waals surface area contributed by atoms with Gasteiger partial charge in [-0.2, -0.15) is 0 Å². The molecule has 0 N–H and O–H groups in total. The molecular weight excluding hydrogens is 170 g/mol. The van der Waals surface area contributed by atoms with Crippen molar-refractivity contribution in [2.75, 3.05) is 0 Å². The SMILES string of the molecule is C1=CCCC(=Cc2ccccn2)CC1. The Morgan fingerprint density at radius 2 is 1.86 bits per heavy atom. The molecule has 1 aromatic heterocycles. The lowest BCUT2D eigenvalue weighted by Crippen LogP contribution is -1.84. The van der Waals surface area contributed by atoms with Crippen molar-refractivity contribution in [1.29, 1.82) is 0 Å². The molecular formula is C13H15N. The first-order chi connectivity index (χ1) is 6.95. The zero-order valence-corrected chi connectivity index (χ0v) is 8.32. The van der Waals surface area contributed by atoms with Crippen molar-refractivity contribution in [3.8, 4) is 0 Å². The molecule has 0 fully saturated rings. The minimum absolute atomic E-state index is 1.09. The van der Waals surface area contributed by atoms with Gasteiger partial charge in [0.25, 0.3) is 0 Å². The summed E-state index contributed by atoms with van der Waals surface area (Å²) in [5, 5.41) is 0. The van der Waals surface area contributed by atoms with E-state index in [4.69, 9.17) is 0 Å². The summed E-state index contributed by atoms with van der Waals surface area (Å²) in [6.07, 6.45) is 13.4. The van der Waals surface area contributed by atoms with Crippen LogP contribution in [0.5, 0.6) is 0 Å². The van der Waals surface area contributed by atoms with Crippen molar-refractivity contribution in [2.24, 2.45) is 0 Å². The van der Waals surface area contributed by atoms with E-state index in [1.807, 2.05) is 18.3 Å². The van der Waals surface area contributed by atoms with Gasteiger partial charge in [0.15, 0.2) is 0 Å². The number of aromatic nitrogens is 1. The van der Waals surface area contributed by atoms with E-state index >= 15 is 0 Å². The molecule has 0 aromatic carbocycles. The Morgan fingerprint density at radius 1 is 1.07 bits per heavy atom. The lowest BCUT2D eigenvalue weighted by atomic mass is 10.1. The molecule has 14 heavy (non-hydrogen) atoms. The maximum atomic E-state index is 4.31. The van der Waals surface area contributed by atoms with Gasteiger partial charge in [-0.25, -0.2) is 0 Å². The fourth-order valence-electron chi connectivity index (χ4n) is 1.71. The van der Waals surface area contributed by atoms with E-state index in [2.05, 4.69) is 29.3 Å². The van der Waals surface area contributed by atoms with E-state index in [0.717, 1.165) is 5.69 Å². The number of hydrogen-bond donors (Lipinski definition) is 0. The lowest BCUT2D eigenvalue weighted by molar-refractivity contribution is 0.907. The number of pyridine rings is 1. The van der Waals surface area contributed by atoms with Crippen LogP contribution in [0.1, 0.15) is 31.4 Å². The van der Waals surface area contributed by atoms with Crippen LogP contribution in [0, 0.1) is 0 Å². The molecule has 0 atom stereocenters. The third-order valence-corrected chi connectivity index (χ3v) is 2.47. The quantitative estimate of drug-likeness (QED) is 0.609. The predicted molar refractivity (Wildman–Crippen MR) is 59.8 cm³/mol. The molecule has 0 spiro atoms. The number of hydrogen-bond acceptors (Lipinski definition) is 1. The lowest BCUT2D eigenvalue weighted by Gasteiger charge is -2.01. The molecule has 0 unspecified atom stereocenters. The van der Waals surface area contributed by atoms with Crippen molar-refractivity contribution >= 4 is 6.08 Å². The predicted octanol–water partition coefficient (Wildman–Crippen LogP) is 3.60. The van der Waals surface area contributed by atoms with Gasteiger partial charge in [-0.1, -0.05) is 23.8 Å². The first-order valence-electron chi connectivity index (χ1n) is 5.20. The molecule has 2 rings (SSSR count). The van der Waals surface area contributed by atoms with Crippen LogP contribution >= 0.6 is 0 Å². The fourth-order valence-corrected chi connectivity index (χ4v) is 1.71. The summed E-state index contributed by atoms with van der Waals surface area (Å²) in [7, 11) is 0. The molecule has 1 heterocycles. The fraction of sp³-hybridized carbons (Fsp3) is 0.308. The topological polar surface area (TPSA) is 12.9 Å². The molecule has 1 aliphatic rings. The van der Waals surface area contributed by atoms with Crippen LogP contribution in [-0.4, -0.2) is 4.98 Å². The van der Waals surface area contributed by atoms with Crippen molar-refractivity contribution in [1.82, 2.24) is 4.98 Å². The molecule has 0 amide bonds. The molecule has 1 aliphatic carbocycles. The maximum absolute atomic E-state index is 4.31. The van der Waals surface area contributed by atoms with Gasteiger partial charge in [-0.05, 0) is 43.9 Å². The van der Waals surface area contributed by atoms with Gasteiger partial charge < -0.3 is 0 Å². The minimum Gasteiger partial charge on any atom is -0.257 e. The molecule has 0 radical (unpaired) electrons. The summed E-state index contributed by atoms with van der Waals surface area (Å²) >= 11 is 0. The van der Waals surface area contributed by atoms with E-state index < -0.39 is 0 Å². The van der Waals surface area contributed by atoms with Gasteiger partial charge in [0, 0.05) is 6.20 Å². The summed E-state index contributed by atoms with van der Waals surface area (Å²) < 4.78 is 0. The molecule has 1 aromatic rings. The van der Waals surface area contributed by atoms with Crippen LogP contribution in [0.25, 0.3) is 6.08 Å². The molecule has 1 heteroatoms. The maximum Gasteiger partial charge on any atom is 0.0629 e. The van der Waals surface area contributed by atoms with Gasteiger partial charge >= 0.3 is 0 Å². The molecule has 72 valence electrons. The van der Waals surface area contributed by atoms with E-state index in [1.54, 1.807) is 0 Å². The molecule has 0 saturated heterocycles. The van der Waals surface area contributed by atoms with Crippen LogP contribution in [0.3, 0.4) is 0 Å². The highest BCUT2D eigenvalue weighted by molar-refractivity contribution is 5.48. The Hall–Kier alpha value is -1.37. The normalized spacial score (nSPS) is 16.4. The first-order valence-corrected chi connectivity index (χ1v) is 5.20. The average Bonchev–Trinajstić information content (AvgIpc) is 2.48. The number of rotatable bonds is 1. The van der Waals surface area contributed by atoms with Gasteiger partial charge in [0.2, 0.25) is 0 Å². The van der Waals surface area contributed by atoms with Crippen LogP contribution in [0.4, 0.5) is 0 Å². The smallest absolute Gasteiger partial charge is 0.0629 e. The van der Waals surface area contributed by atoms with Crippen LogP contribution in [-0.2, 0) is 0 Å². The Balaban J connectivity index is 2.10. The van der Waals surface area contributed by atoms with Gasteiger partial charge in [0.1, 0.15) is 0 Å².